The molecule has 1 atom stereocenters. The Hall–Kier alpha value is -0.900. The predicted octanol–water partition coefficient (Wildman–Crippen LogP) is 2.25. The number of nitrogens with zero attached hydrogens (tertiary/aromatic N) is 1. The molecule has 1 spiro atoms. The lowest BCUT2D eigenvalue weighted by Gasteiger charge is -2.47. The first kappa shape index (κ1) is 14.5. The maximum absolute atomic E-state index is 12.4. The second-order valence-electron chi connectivity index (χ2n) is 6.55. The van der Waals surface area contributed by atoms with E-state index in [1.807, 2.05) is 6.92 Å². The molecule has 0 aromatic carbocycles. The molecular weight excluding hydrogens is 242 g/mol. The summed E-state index contributed by atoms with van der Waals surface area (Å²) in [7, 11) is 0. The van der Waals surface area contributed by atoms with Crippen molar-refractivity contribution in [2.75, 3.05) is 6.61 Å². The zero-order valence-corrected chi connectivity index (χ0v) is 12.1. The van der Waals surface area contributed by atoms with E-state index in [1.165, 1.54) is 11.3 Å². The van der Waals surface area contributed by atoms with Gasteiger partial charge in [-0.15, -0.1) is 0 Å². The van der Waals surface area contributed by atoms with Gasteiger partial charge in [0.1, 0.15) is 0 Å². The third kappa shape index (κ3) is 2.55. The van der Waals surface area contributed by atoms with E-state index in [2.05, 4.69) is 0 Å². The van der Waals surface area contributed by atoms with Crippen molar-refractivity contribution < 1.29 is 14.7 Å². The van der Waals surface area contributed by atoms with Crippen molar-refractivity contribution in [3.05, 3.63) is 0 Å². The summed E-state index contributed by atoms with van der Waals surface area (Å²) in [4.78, 5) is 26.2. The fourth-order valence-corrected chi connectivity index (χ4v) is 3.60. The molecular formula is C15H25NO3. The van der Waals surface area contributed by atoms with Crippen LogP contribution in [0.3, 0.4) is 0 Å². The molecule has 4 nitrogen and oxygen atoms in total. The quantitative estimate of drug-likeness (QED) is 0.798. The molecule has 1 saturated heterocycles. The van der Waals surface area contributed by atoms with E-state index in [0.29, 0.717) is 19.3 Å². The molecule has 0 aromatic heterocycles. The third-order valence-corrected chi connectivity index (χ3v) is 5.11. The molecule has 4 heteroatoms. The molecule has 1 aliphatic heterocycles. The number of hydrogen-bond acceptors (Lipinski definition) is 3. The van der Waals surface area contributed by atoms with Crippen LogP contribution in [0.1, 0.15) is 65.2 Å². The smallest absolute Gasteiger partial charge is 0.230 e. The topological polar surface area (TPSA) is 57.6 Å². The van der Waals surface area contributed by atoms with Crippen molar-refractivity contribution in [2.45, 2.75) is 70.8 Å². The van der Waals surface area contributed by atoms with Crippen molar-refractivity contribution in [1.29, 1.82) is 0 Å². The van der Waals surface area contributed by atoms with Crippen LogP contribution < -0.4 is 0 Å². The van der Waals surface area contributed by atoms with Gasteiger partial charge < -0.3 is 5.11 Å². The van der Waals surface area contributed by atoms with Gasteiger partial charge in [0.05, 0.1) is 12.1 Å². The summed E-state index contributed by atoms with van der Waals surface area (Å²) in [5.74, 6) is -0.173. The second-order valence-corrected chi connectivity index (χ2v) is 6.55. The number of likely N-dealkylation sites (tertiary alicyclic amines) is 1. The van der Waals surface area contributed by atoms with Crippen molar-refractivity contribution in [3.63, 3.8) is 0 Å². The van der Waals surface area contributed by atoms with Crippen molar-refractivity contribution >= 4 is 11.8 Å². The average Bonchev–Trinajstić information content (AvgIpc) is 2.38. The van der Waals surface area contributed by atoms with Crippen LogP contribution in [0.2, 0.25) is 0 Å². The summed E-state index contributed by atoms with van der Waals surface area (Å²) in [6, 6.07) is 0. The summed E-state index contributed by atoms with van der Waals surface area (Å²) in [6.45, 7) is 3.54. The van der Waals surface area contributed by atoms with Crippen LogP contribution in [0.25, 0.3) is 0 Å². The Labute approximate surface area is 115 Å². The Morgan fingerprint density at radius 2 is 1.68 bits per heavy atom. The van der Waals surface area contributed by atoms with E-state index >= 15 is 0 Å². The van der Waals surface area contributed by atoms with E-state index in [-0.39, 0.29) is 23.8 Å². The first-order valence-corrected chi connectivity index (χ1v) is 7.43. The van der Waals surface area contributed by atoms with Crippen LogP contribution in [-0.2, 0) is 9.59 Å². The second kappa shape index (κ2) is 5.23. The van der Waals surface area contributed by atoms with E-state index in [1.54, 1.807) is 6.92 Å². The number of carbonyl (C=O) groups is 2. The van der Waals surface area contributed by atoms with Gasteiger partial charge in [0, 0.05) is 12.8 Å². The Balaban J connectivity index is 2.19. The number of piperidine rings is 1. The molecule has 1 saturated carbocycles. The number of imide groups is 1. The molecule has 1 N–H and O–H groups in total. The number of aliphatic hydroxyl groups excluding tert-OH is 1. The lowest BCUT2D eigenvalue weighted by molar-refractivity contribution is -0.164. The van der Waals surface area contributed by atoms with Gasteiger partial charge in [0.25, 0.3) is 0 Å². The zero-order valence-electron chi connectivity index (χ0n) is 12.1. The largest absolute Gasteiger partial charge is 0.394 e. The molecule has 108 valence electrons. The molecule has 0 radical (unpaired) electrons. The minimum Gasteiger partial charge on any atom is -0.394 e. The van der Waals surface area contributed by atoms with Gasteiger partial charge in [-0.25, -0.2) is 0 Å². The maximum atomic E-state index is 12.4. The van der Waals surface area contributed by atoms with E-state index < -0.39 is 5.54 Å². The summed E-state index contributed by atoms with van der Waals surface area (Å²) in [6.07, 6.45) is 7.03. The summed E-state index contributed by atoms with van der Waals surface area (Å²) in [5.41, 5.74) is -0.808. The van der Waals surface area contributed by atoms with E-state index in [0.717, 1.165) is 25.7 Å². The number of amides is 2. The number of hydrogen-bond donors (Lipinski definition) is 1. The molecule has 0 aromatic rings. The highest BCUT2D eigenvalue weighted by Crippen LogP contribution is 2.46. The highest BCUT2D eigenvalue weighted by atomic mass is 16.3. The summed E-state index contributed by atoms with van der Waals surface area (Å²) < 4.78 is 0. The molecule has 1 aliphatic carbocycles. The third-order valence-electron chi connectivity index (χ3n) is 5.11. The lowest BCUT2D eigenvalue weighted by atomic mass is 9.67. The minimum absolute atomic E-state index is 0.0764. The minimum atomic E-state index is -0.732. The Morgan fingerprint density at radius 3 is 2.11 bits per heavy atom. The molecule has 2 amide bonds. The lowest BCUT2D eigenvalue weighted by Crippen LogP contribution is -2.59. The van der Waals surface area contributed by atoms with Crippen LogP contribution in [0.5, 0.6) is 0 Å². The fraction of sp³-hybridized carbons (Fsp3) is 0.867. The number of aliphatic hydroxyl groups is 1. The highest BCUT2D eigenvalue weighted by molar-refractivity contribution is 5.99. The highest BCUT2D eigenvalue weighted by Gasteiger charge is 2.48. The number of carbonyl (C=O) groups excluding carboxylic acids is 2. The molecule has 2 aliphatic rings. The monoisotopic (exact) mass is 267 g/mol. The molecule has 19 heavy (non-hydrogen) atoms. The van der Waals surface area contributed by atoms with Crippen molar-refractivity contribution in [1.82, 2.24) is 4.90 Å². The van der Waals surface area contributed by atoms with Gasteiger partial charge in [-0.3, -0.25) is 14.5 Å². The SMILES string of the molecule is CCC(C)(CO)N1C(=O)CC2(CCCCC2)CC1=O. The van der Waals surface area contributed by atoms with Gasteiger partial charge in [-0.1, -0.05) is 26.2 Å². The first-order valence-electron chi connectivity index (χ1n) is 7.43. The summed E-state index contributed by atoms with van der Waals surface area (Å²) in [5, 5.41) is 9.53. The van der Waals surface area contributed by atoms with Crippen molar-refractivity contribution in [2.24, 2.45) is 5.41 Å². The normalized spacial score (nSPS) is 26.6. The van der Waals surface area contributed by atoms with Gasteiger partial charge in [0.2, 0.25) is 11.8 Å². The van der Waals surface area contributed by atoms with Gasteiger partial charge in [0.15, 0.2) is 0 Å². The molecule has 2 rings (SSSR count). The van der Waals surface area contributed by atoms with E-state index in [4.69, 9.17) is 0 Å². The van der Waals surface area contributed by atoms with Crippen LogP contribution in [-0.4, -0.2) is 34.0 Å². The fourth-order valence-electron chi connectivity index (χ4n) is 3.60. The molecule has 0 bridgehead atoms. The average molecular weight is 267 g/mol. The predicted molar refractivity (Wildman–Crippen MR) is 72.4 cm³/mol. The molecule has 1 heterocycles. The summed E-state index contributed by atoms with van der Waals surface area (Å²) >= 11 is 0. The Morgan fingerprint density at radius 1 is 1.16 bits per heavy atom. The standard InChI is InChI=1S/C15H25NO3/c1-3-14(2,11-17)16-12(18)9-15(10-13(16)19)7-5-4-6-8-15/h17H,3-11H2,1-2H3. The Bertz CT molecular complexity index is 348. The van der Waals surface area contributed by atoms with E-state index in [9.17, 15) is 14.7 Å². The van der Waals surface area contributed by atoms with Crippen LogP contribution in [0.4, 0.5) is 0 Å². The number of rotatable bonds is 3. The Kier molecular flexibility index (Phi) is 4.00. The molecule has 1 unspecified atom stereocenters. The van der Waals surface area contributed by atoms with Crippen LogP contribution in [0, 0.1) is 5.41 Å². The van der Waals surface area contributed by atoms with Crippen molar-refractivity contribution in [3.8, 4) is 0 Å². The van der Waals surface area contributed by atoms with Gasteiger partial charge in [-0.05, 0) is 31.6 Å². The van der Waals surface area contributed by atoms with Gasteiger partial charge >= 0.3 is 0 Å². The van der Waals surface area contributed by atoms with Gasteiger partial charge in [-0.2, -0.15) is 0 Å². The maximum Gasteiger partial charge on any atom is 0.230 e. The molecule has 2 fully saturated rings. The van der Waals surface area contributed by atoms with Crippen LogP contribution in [0.15, 0.2) is 0 Å². The van der Waals surface area contributed by atoms with Crippen LogP contribution >= 0.6 is 0 Å². The zero-order chi connectivity index (χ0) is 14.1. The first-order chi connectivity index (χ1) is 8.96.